The SMILES string of the molecule is CC(=O)NC1CCN(C(=O)CCCOc2ccccc2C)CC1. The van der Waals surface area contributed by atoms with Crippen LogP contribution in [0.4, 0.5) is 0 Å². The highest BCUT2D eigenvalue weighted by atomic mass is 16.5. The van der Waals surface area contributed by atoms with Crippen LogP contribution in [0.25, 0.3) is 0 Å². The number of piperidine rings is 1. The fraction of sp³-hybridized carbons (Fsp3) is 0.556. The number of nitrogens with zero attached hydrogens (tertiary/aromatic N) is 1. The van der Waals surface area contributed by atoms with Crippen LogP contribution in [0.15, 0.2) is 24.3 Å². The topological polar surface area (TPSA) is 58.6 Å². The van der Waals surface area contributed by atoms with Crippen molar-refractivity contribution in [3.05, 3.63) is 29.8 Å². The fourth-order valence-electron chi connectivity index (χ4n) is 2.84. The molecule has 5 nitrogen and oxygen atoms in total. The fourth-order valence-corrected chi connectivity index (χ4v) is 2.84. The van der Waals surface area contributed by atoms with E-state index >= 15 is 0 Å². The summed E-state index contributed by atoms with van der Waals surface area (Å²) >= 11 is 0. The second-order valence-corrected chi connectivity index (χ2v) is 6.07. The van der Waals surface area contributed by atoms with Gasteiger partial charge >= 0.3 is 0 Å². The average Bonchev–Trinajstić information content (AvgIpc) is 2.53. The number of nitrogens with one attached hydrogen (secondary N) is 1. The highest BCUT2D eigenvalue weighted by Gasteiger charge is 2.22. The first-order valence-corrected chi connectivity index (χ1v) is 8.29. The zero-order chi connectivity index (χ0) is 16.7. The van der Waals surface area contributed by atoms with E-state index in [0.29, 0.717) is 13.0 Å². The Hall–Kier alpha value is -2.04. The first-order chi connectivity index (χ1) is 11.1. The van der Waals surface area contributed by atoms with Crippen molar-refractivity contribution in [2.75, 3.05) is 19.7 Å². The number of carbonyl (C=O) groups excluding carboxylic acids is 2. The monoisotopic (exact) mass is 318 g/mol. The van der Waals surface area contributed by atoms with Crippen molar-refractivity contribution >= 4 is 11.8 Å². The van der Waals surface area contributed by atoms with Gasteiger partial charge in [0.15, 0.2) is 0 Å². The van der Waals surface area contributed by atoms with E-state index < -0.39 is 0 Å². The molecule has 0 aliphatic carbocycles. The number of benzene rings is 1. The Bertz CT molecular complexity index is 537. The molecule has 1 fully saturated rings. The van der Waals surface area contributed by atoms with Gasteiger partial charge in [0.2, 0.25) is 11.8 Å². The molecule has 23 heavy (non-hydrogen) atoms. The molecule has 0 bridgehead atoms. The van der Waals surface area contributed by atoms with Gasteiger partial charge in [0, 0.05) is 32.5 Å². The third-order valence-electron chi connectivity index (χ3n) is 4.14. The summed E-state index contributed by atoms with van der Waals surface area (Å²) in [6.07, 6.45) is 2.91. The molecule has 0 aromatic heterocycles. The van der Waals surface area contributed by atoms with E-state index in [0.717, 1.165) is 43.7 Å². The third kappa shape index (κ3) is 5.58. The Morgan fingerprint density at radius 3 is 2.61 bits per heavy atom. The Morgan fingerprint density at radius 1 is 1.26 bits per heavy atom. The number of rotatable bonds is 6. The van der Waals surface area contributed by atoms with Gasteiger partial charge in [-0.2, -0.15) is 0 Å². The van der Waals surface area contributed by atoms with Crippen LogP contribution in [0.2, 0.25) is 0 Å². The number of likely N-dealkylation sites (tertiary alicyclic amines) is 1. The number of ether oxygens (including phenoxy) is 1. The van der Waals surface area contributed by atoms with E-state index in [2.05, 4.69) is 5.32 Å². The molecule has 0 spiro atoms. The Balaban J connectivity index is 1.64. The predicted octanol–water partition coefficient (Wildman–Crippen LogP) is 2.28. The van der Waals surface area contributed by atoms with Crippen molar-refractivity contribution in [3.63, 3.8) is 0 Å². The van der Waals surface area contributed by atoms with Crippen LogP contribution in [0, 0.1) is 6.92 Å². The van der Waals surface area contributed by atoms with Crippen LogP contribution in [-0.2, 0) is 9.59 Å². The summed E-state index contributed by atoms with van der Waals surface area (Å²) in [5, 5.41) is 2.92. The van der Waals surface area contributed by atoms with Crippen LogP contribution in [0.3, 0.4) is 0 Å². The minimum Gasteiger partial charge on any atom is -0.493 e. The number of carbonyl (C=O) groups is 2. The van der Waals surface area contributed by atoms with Crippen molar-refractivity contribution in [1.82, 2.24) is 10.2 Å². The molecule has 1 aromatic rings. The van der Waals surface area contributed by atoms with Gasteiger partial charge in [0.05, 0.1) is 6.61 Å². The van der Waals surface area contributed by atoms with Crippen molar-refractivity contribution in [1.29, 1.82) is 0 Å². The number of para-hydroxylation sites is 1. The van der Waals surface area contributed by atoms with Gasteiger partial charge < -0.3 is 15.0 Å². The Morgan fingerprint density at radius 2 is 1.96 bits per heavy atom. The summed E-state index contributed by atoms with van der Waals surface area (Å²) in [6, 6.07) is 8.10. The van der Waals surface area contributed by atoms with Gasteiger partial charge in [0.25, 0.3) is 0 Å². The molecule has 1 aliphatic rings. The lowest BCUT2D eigenvalue weighted by atomic mass is 10.0. The summed E-state index contributed by atoms with van der Waals surface area (Å²) in [5.41, 5.74) is 1.11. The van der Waals surface area contributed by atoms with E-state index in [1.54, 1.807) is 0 Å². The first-order valence-electron chi connectivity index (χ1n) is 8.29. The van der Waals surface area contributed by atoms with Gasteiger partial charge in [-0.1, -0.05) is 18.2 Å². The molecule has 1 aliphatic heterocycles. The quantitative estimate of drug-likeness (QED) is 0.819. The average molecular weight is 318 g/mol. The number of hydrogen-bond acceptors (Lipinski definition) is 3. The molecule has 0 unspecified atom stereocenters. The molecule has 0 saturated carbocycles. The number of aryl methyl sites for hydroxylation is 1. The maximum Gasteiger partial charge on any atom is 0.222 e. The van der Waals surface area contributed by atoms with Crippen LogP contribution in [0.1, 0.15) is 38.2 Å². The van der Waals surface area contributed by atoms with E-state index in [1.807, 2.05) is 36.1 Å². The molecule has 2 amide bonds. The largest absolute Gasteiger partial charge is 0.493 e. The molecule has 2 rings (SSSR count). The smallest absolute Gasteiger partial charge is 0.222 e. The minimum absolute atomic E-state index is 0.00290. The zero-order valence-corrected chi connectivity index (χ0v) is 14.0. The Kier molecular flexibility index (Phi) is 6.44. The molecule has 1 aromatic carbocycles. The maximum atomic E-state index is 12.2. The summed E-state index contributed by atoms with van der Waals surface area (Å²) in [7, 11) is 0. The third-order valence-corrected chi connectivity index (χ3v) is 4.14. The van der Waals surface area contributed by atoms with Crippen LogP contribution >= 0.6 is 0 Å². The lowest BCUT2D eigenvalue weighted by Gasteiger charge is -2.32. The van der Waals surface area contributed by atoms with Gasteiger partial charge in [-0.25, -0.2) is 0 Å². The molecule has 0 radical (unpaired) electrons. The van der Waals surface area contributed by atoms with E-state index in [4.69, 9.17) is 4.74 Å². The molecule has 0 atom stereocenters. The van der Waals surface area contributed by atoms with E-state index in [9.17, 15) is 9.59 Å². The number of amides is 2. The lowest BCUT2D eigenvalue weighted by molar-refractivity contribution is -0.132. The van der Waals surface area contributed by atoms with Crippen molar-refractivity contribution in [2.45, 2.75) is 45.6 Å². The van der Waals surface area contributed by atoms with Crippen LogP contribution in [-0.4, -0.2) is 42.5 Å². The molecule has 126 valence electrons. The van der Waals surface area contributed by atoms with Gasteiger partial charge in [-0.3, -0.25) is 9.59 Å². The Labute approximate surface area is 138 Å². The van der Waals surface area contributed by atoms with Crippen molar-refractivity contribution in [3.8, 4) is 5.75 Å². The van der Waals surface area contributed by atoms with E-state index in [1.165, 1.54) is 6.92 Å². The highest BCUT2D eigenvalue weighted by molar-refractivity contribution is 5.76. The first kappa shape index (κ1) is 17.3. The maximum absolute atomic E-state index is 12.2. The molecule has 1 N–H and O–H groups in total. The molecular weight excluding hydrogens is 292 g/mol. The van der Waals surface area contributed by atoms with Gasteiger partial charge in [-0.15, -0.1) is 0 Å². The second kappa shape index (κ2) is 8.56. The summed E-state index contributed by atoms with van der Waals surface area (Å²) in [6.45, 7) is 5.55. The molecule has 5 heteroatoms. The minimum atomic E-state index is 0.00290. The molecule has 1 saturated heterocycles. The van der Waals surface area contributed by atoms with Crippen molar-refractivity contribution in [2.24, 2.45) is 0 Å². The summed E-state index contributed by atoms with van der Waals surface area (Å²) in [5.74, 6) is 1.07. The highest BCUT2D eigenvalue weighted by Crippen LogP contribution is 2.17. The zero-order valence-electron chi connectivity index (χ0n) is 14.0. The van der Waals surface area contributed by atoms with Crippen molar-refractivity contribution < 1.29 is 14.3 Å². The van der Waals surface area contributed by atoms with Gasteiger partial charge in [0.1, 0.15) is 5.75 Å². The summed E-state index contributed by atoms with van der Waals surface area (Å²) < 4.78 is 5.72. The van der Waals surface area contributed by atoms with Gasteiger partial charge in [-0.05, 0) is 37.8 Å². The van der Waals surface area contributed by atoms with E-state index in [-0.39, 0.29) is 17.9 Å². The predicted molar refractivity (Wildman–Crippen MR) is 89.3 cm³/mol. The summed E-state index contributed by atoms with van der Waals surface area (Å²) in [4.78, 5) is 25.1. The lowest BCUT2D eigenvalue weighted by Crippen LogP contribution is -2.46. The second-order valence-electron chi connectivity index (χ2n) is 6.07. The molecule has 1 heterocycles. The molecular formula is C18H26N2O3. The standard InChI is InChI=1S/C18H26N2O3/c1-14-6-3-4-7-17(14)23-13-5-8-18(22)20-11-9-16(10-12-20)19-15(2)21/h3-4,6-7,16H,5,8-13H2,1-2H3,(H,19,21). The van der Waals surface area contributed by atoms with Crippen LogP contribution in [0.5, 0.6) is 5.75 Å². The normalized spacial score (nSPS) is 15.3. The number of hydrogen-bond donors (Lipinski definition) is 1. The van der Waals surface area contributed by atoms with Crippen LogP contribution < -0.4 is 10.1 Å².